The van der Waals surface area contributed by atoms with Gasteiger partial charge >= 0.3 is 0 Å². The number of likely N-dealkylation sites (N-methyl/N-ethyl adjacent to an activating group) is 1. The van der Waals surface area contributed by atoms with E-state index in [1.54, 1.807) is 38.2 Å². The molecule has 1 atom stereocenters. The quantitative estimate of drug-likeness (QED) is 0.693. The van der Waals surface area contributed by atoms with Gasteiger partial charge in [-0.3, -0.25) is 9.59 Å². The smallest absolute Gasteiger partial charge is 0.242 e. The van der Waals surface area contributed by atoms with Crippen LogP contribution in [0.2, 0.25) is 15.1 Å². The predicted molar refractivity (Wildman–Crippen MR) is 110 cm³/mol. The van der Waals surface area contributed by atoms with Crippen LogP contribution in [0, 0.1) is 0 Å². The third-order valence-corrected chi connectivity index (χ3v) is 5.42. The van der Waals surface area contributed by atoms with Crippen LogP contribution in [0.15, 0.2) is 42.5 Å². The lowest BCUT2D eigenvalue weighted by Gasteiger charge is -2.28. The molecule has 2 amide bonds. The molecular weight excluding hydrogens is 407 g/mol. The highest BCUT2D eigenvalue weighted by atomic mass is 35.5. The monoisotopic (exact) mass is 426 g/mol. The van der Waals surface area contributed by atoms with E-state index in [0.717, 1.165) is 11.1 Å². The molecule has 0 aliphatic rings. The van der Waals surface area contributed by atoms with E-state index in [9.17, 15) is 9.59 Å². The fourth-order valence-electron chi connectivity index (χ4n) is 2.71. The van der Waals surface area contributed by atoms with E-state index in [1.807, 2.05) is 18.2 Å². The summed E-state index contributed by atoms with van der Waals surface area (Å²) in [6, 6.07) is 12.0. The van der Waals surface area contributed by atoms with E-state index in [-0.39, 0.29) is 24.8 Å². The Morgan fingerprint density at radius 1 is 1.04 bits per heavy atom. The number of nitrogens with zero attached hydrogens (tertiary/aromatic N) is 1. The van der Waals surface area contributed by atoms with Crippen LogP contribution < -0.4 is 5.32 Å². The van der Waals surface area contributed by atoms with E-state index in [4.69, 9.17) is 34.8 Å². The van der Waals surface area contributed by atoms with Gasteiger partial charge in [0.25, 0.3) is 0 Å². The zero-order valence-electron chi connectivity index (χ0n) is 15.1. The van der Waals surface area contributed by atoms with Crippen LogP contribution >= 0.6 is 34.8 Å². The summed E-state index contributed by atoms with van der Waals surface area (Å²) in [7, 11) is 1.55. The minimum Gasteiger partial charge on any atom is -0.357 e. The number of halogens is 3. The number of carbonyl (C=O) groups is 2. The largest absolute Gasteiger partial charge is 0.357 e. The first kappa shape index (κ1) is 21.5. The molecule has 0 saturated heterocycles. The van der Waals surface area contributed by atoms with Gasteiger partial charge in [0.1, 0.15) is 6.04 Å². The summed E-state index contributed by atoms with van der Waals surface area (Å²) < 4.78 is 0. The Morgan fingerprint density at radius 2 is 1.74 bits per heavy atom. The summed E-state index contributed by atoms with van der Waals surface area (Å²) in [6.45, 7) is 1.95. The standard InChI is InChI=1S/C20H21Cl3N2O2/c1-13(20(27)24-2)25(12-14-7-9-17(22)18(23)11-14)19(26)10-8-15-5-3-4-6-16(15)21/h3-7,9,11,13H,8,10,12H2,1-2H3,(H,24,27)/t13-/m1/s1. The van der Waals surface area contributed by atoms with Gasteiger partial charge in [0.15, 0.2) is 0 Å². The van der Waals surface area contributed by atoms with Crippen LogP contribution in [-0.4, -0.2) is 29.8 Å². The van der Waals surface area contributed by atoms with Gasteiger partial charge in [0.05, 0.1) is 10.0 Å². The Bertz CT molecular complexity index is 827. The Kier molecular flexibility index (Phi) is 7.96. The number of benzene rings is 2. The lowest BCUT2D eigenvalue weighted by molar-refractivity contribution is -0.140. The highest BCUT2D eigenvalue weighted by Crippen LogP contribution is 2.24. The van der Waals surface area contributed by atoms with Crippen molar-refractivity contribution in [1.82, 2.24) is 10.2 Å². The van der Waals surface area contributed by atoms with Crippen molar-refractivity contribution < 1.29 is 9.59 Å². The van der Waals surface area contributed by atoms with Crippen LogP contribution in [0.5, 0.6) is 0 Å². The molecule has 2 aromatic carbocycles. The molecular formula is C20H21Cl3N2O2. The summed E-state index contributed by atoms with van der Waals surface area (Å²) in [5, 5.41) is 4.06. The van der Waals surface area contributed by atoms with Crippen molar-refractivity contribution in [3.8, 4) is 0 Å². The molecule has 0 spiro atoms. The molecule has 0 aliphatic carbocycles. The number of hydrogen-bond acceptors (Lipinski definition) is 2. The summed E-state index contributed by atoms with van der Waals surface area (Å²) in [6.07, 6.45) is 0.739. The van der Waals surface area contributed by atoms with Crippen LogP contribution in [-0.2, 0) is 22.6 Å². The van der Waals surface area contributed by atoms with E-state index in [1.165, 1.54) is 4.90 Å². The first-order chi connectivity index (χ1) is 12.8. The Hall–Kier alpha value is -1.75. The summed E-state index contributed by atoms with van der Waals surface area (Å²) in [4.78, 5) is 26.6. The minimum atomic E-state index is -0.622. The average Bonchev–Trinajstić information content (AvgIpc) is 2.66. The van der Waals surface area contributed by atoms with Gasteiger partial charge in [-0.2, -0.15) is 0 Å². The van der Waals surface area contributed by atoms with E-state index in [0.29, 0.717) is 21.5 Å². The molecule has 144 valence electrons. The molecule has 0 bridgehead atoms. The normalized spacial score (nSPS) is 11.7. The highest BCUT2D eigenvalue weighted by molar-refractivity contribution is 6.42. The van der Waals surface area contributed by atoms with E-state index < -0.39 is 6.04 Å². The molecule has 0 heterocycles. The van der Waals surface area contributed by atoms with Crippen molar-refractivity contribution in [2.24, 2.45) is 0 Å². The van der Waals surface area contributed by atoms with Gasteiger partial charge in [0, 0.05) is 25.0 Å². The Morgan fingerprint density at radius 3 is 2.37 bits per heavy atom. The van der Waals surface area contributed by atoms with Gasteiger partial charge in [0.2, 0.25) is 11.8 Å². The number of aryl methyl sites for hydroxylation is 1. The molecule has 4 nitrogen and oxygen atoms in total. The molecule has 0 fully saturated rings. The number of amides is 2. The van der Waals surface area contributed by atoms with Gasteiger partial charge < -0.3 is 10.2 Å². The SMILES string of the molecule is CNC(=O)[C@@H](C)N(Cc1ccc(Cl)c(Cl)c1)C(=O)CCc1ccccc1Cl. The molecule has 27 heavy (non-hydrogen) atoms. The first-order valence-corrected chi connectivity index (χ1v) is 9.65. The minimum absolute atomic E-state index is 0.142. The molecule has 0 aromatic heterocycles. The molecule has 2 rings (SSSR count). The van der Waals surface area contributed by atoms with Crippen LogP contribution in [0.25, 0.3) is 0 Å². The van der Waals surface area contributed by atoms with Gasteiger partial charge in [-0.15, -0.1) is 0 Å². The van der Waals surface area contributed by atoms with Gasteiger partial charge in [-0.1, -0.05) is 59.1 Å². The van der Waals surface area contributed by atoms with Gasteiger partial charge in [-0.25, -0.2) is 0 Å². The van der Waals surface area contributed by atoms with Crippen molar-refractivity contribution >= 4 is 46.6 Å². The van der Waals surface area contributed by atoms with Crippen LogP contribution in [0.4, 0.5) is 0 Å². The number of hydrogen-bond donors (Lipinski definition) is 1. The fourth-order valence-corrected chi connectivity index (χ4v) is 3.26. The molecule has 0 aliphatic heterocycles. The Balaban J connectivity index is 2.17. The van der Waals surface area contributed by atoms with Crippen molar-refractivity contribution in [3.05, 3.63) is 68.7 Å². The van der Waals surface area contributed by atoms with Gasteiger partial charge in [-0.05, 0) is 42.7 Å². The molecule has 0 saturated carbocycles. The third kappa shape index (κ3) is 5.86. The lowest BCUT2D eigenvalue weighted by Crippen LogP contribution is -2.46. The van der Waals surface area contributed by atoms with E-state index >= 15 is 0 Å². The molecule has 1 N–H and O–H groups in total. The highest BCUT2D eigenvalue weighted by Gasteiger charge is 2.25. The molecule has 7 heteroatoms. The maximum Gasteiger partial charge on any atom is 0.242 e. The lowest BCUT2D eigenvalue weighted by atomic mass is 10.1. The van der Waals surface area contributed by atoms with Crippen LogP contribution in [0.1, 0.15) is 24.5 Å². The number of rotatable bonds is 7. The second-order valence-corrected chi connectivity index (χ2v) is 7.37. The van der Waals surface area contributed by atoms with Crippen LogP contribution in [0.3, 0.4) is 0 Å². The first-order valence-electron chi connectivity index (χ1n) is 8.52. The second kappa shape index (κ2) is 9.98. The second-order valence-electron chi connectivity index (χ2n) is 6.15. The summed E-state index contributed by atoms with van der Waals surface area (Å²) >= 11 is 18.2. The summed E-state index contributed by atoms with van der Waals surface area (Å²) in [5.74, 6) is -0.377. The van der Waals surface area contributed by atoms with E-state index in [2.05, 4.69) is 5.32 Å². The number of nitrogens with one attached hydrogen (secondary N) is 1. The topological polar surface area (TPSA) is 49.4 Å². The molecule has 0 radical (unpaired) electrons. The maximum atomic E-state index is 12.9. The summed E-state index contributed by atoms with van der Waals surface area (Å²) in [5.41, 5.74) is 1.70. The van der Waals surface area contributed by atoms with Crippen molar-refractivity contribution in [1.29, 1.82) is 0 Å². The zero-order chi connectivity index (χ0) is 20.0. The maximum absolute atomic E-state index is 12.9. The molecule has 2 aromatic rings. The number of carbonyl (C=O) groups excluding carboxylic acids is 2. The predicted octanol–water partition coefficient (Wildman–Crippen LogP) is 4.74. The van der Waals surface area contributed by atoms with Crippen molar-refractivity contribution in [2.45, 2.75) is 32.4 Å². The molecule has 0 unspecified atom stereocenters. The fraction of sp³-hybridized carbons (Fsp3) is 0.300. The van der Waals surface area contributed by atoms with Crippen molar-refractivity contribution in [2.75, 3.05) is 7.05 Å². The Labute approximate surface area is 174 Å². The zero-order valence-corrected chi connectivity index (χ0v) is 17.4. The third-order valence-electron chi connectivity index (χ3n) is 4.32. The average molecular weight is 428 g/mol. The van der Waals surface area contributed by atoms with Crippen molar-refractivity contribution in [3.63, 3.8) is 0 Å².